The molecular formula is C7H6FNOS. The van der Waals surface area contributed by atoms with Crippen LogP contribution in [-0.2, 0) is 11.5 Å². The molecular weight excluding hydrogens is 165 g/mol. The number of halogens is 1. The summed E-state index contributed by atoms with van der Waals surface area (Å²) >= 11 is 0.0859. The van der Waals surface area contributed by atoms with E-state index in [-0.39, 0.29) is 17.3 Å². The van der Waals surface area contributed by atoms with Gasteiger partial charge in [-0.25, -0.2) is 4.39 Å². The Balaban J connectivity index is 3.22. The van der Waals surface area contributed by atoms with Gasteiger partial charge in [-0.2, -0.15) is 8.57 Å². The molecule has 0 bridgehead atoms. The minimum Gasteiger partial charge on any atom is -0.207 e. The molecule has 0 aromatic heterocycles. The normalized spacial score (nSPS) is 9.27. The Morgan fingerprint density at radius 3 is 2.91 bits per heavy atom. The molecule has 1 aromatic carbocycles. The molecule has 2 nitrogen and oxygen atoms in total. The molecule has 0 amide bonds. The van der Waals surface area contributed by atoms with Crippen molar-refractivity contribution in [2.75, 3.05) is 0 Å². The van der Waals surface area contributed by atoms with Crippen LogP contribution in [0.15, 0.2) is 22.6 Å². The first-order chi connectivity index (χ1) is 5.24. The summed E-state index contributed by atoms with van der Waals surface area (Å²) in [5, 5.41) is 0. The highest BCUT2D eigenvalue weighted by atomic mass is 32.1. The molecule has 0 aliphatic heterocycles. The van der Waals surface area contributed by atoms with Crippen LogP contribution in [-0.4, -0.2) is 4.21 Å². The highest BCUT2D eigenvalue weighted by Crippen LogP contribution is 2.18. The first kappa shape index (κ1) is 8.07. The molecule has 58 valence electrons. The summed E-state index contributed by atoms with van der Waals surface area (Å²) in [6.45, 7) is 1.77. The highest BCUT2D eigenvalue weighted by molar-refractivity contribution is 7.54. The first-order valence-electron chi connectivity index (χ1n) is 3.00. The van der Waals surface area contributed by atoms with Crippen molar-refractivity contribution < 1.29 is 8.60 Å². The fourth-order valence-corrected chi connectivity index (χ4v) is 0.998. The number of hydrogen-bond acceptors (Lipinski definition) is 2. The van der Waals surface area contributed by atoms with Gasteiger partial charge in [0.1, 0.15) is 5.82 Å². The van der Waals surface area contributed by atoms with Gasteiger partial charge in [-0.3, -0.25) is 0 Å². The van der Waals surface area contributed by atoms with Gasteiger partial charge in [0.25, 0.3) is 0 Å². The monoisotopic (exact) mass is 171 g/mol. The van der Waals surface area contributed by atoms with E-state index in [0.717, 1.165) is 5.56 Å². The molecule has 0 atom stereocenters. The Hall–Kier alpha value is -1.03. The van der Waals surface area contributed by atoms with Crippen LogP contribution in [0.2, 0.25) is 0 Å². The van der Waals surface area contributed by atoms with Crippen LogP contribution in [0.1, 0.15) is 5.56 Å². The minimum absolute atomic E-state index is 0.0859. The lowest BCUT2D eigenvalue weighted by molar-refractivity contribution is 0.628. The number of hydrogen-bond donors (Lipinski definition) is 0. The maximum Gasteiger partial charge on any atom is 0.205 e. The lowest BCUT2D eigenvalue weighted by Gasteiger charge is -1.95. The molecule has 0 saturated heterocycles. The third-order valence-electron chi connectivity index (χ3n) is 1.31. The molecule has 1 rings (SSSR count). The summed E-state index contributed by atoms with van der Waals surface area (Å²) in [6.07, 6.45) is 0. The fourth-order valence-electron chi connectivity index (χ4n) is 0.721. The zero-order chi connectivity index (χ0) is 8.27. The Labute approximate surface area is 67.3 Å². The quantitative estimate of drug-likeness (QED) is 0.636. The molecule has 0 heterocycles. The SMILES string of the molecule is Cc1ccc(F)cc1N=S=O. The van der Waals surface area contributed by atoms with Crippen LogP contribution in [0.3, 0.4) is 0 Å². The third-order valence-corrected chi connectivity index (χ3v) is 1.58. The largest absolute Gasteiger partial charge is 0.207 e. The highest BCUT2D eigenvalue weighted by Gasteiger charge is 1.96. The van der Waals surface area contributed by atoms with Crippen molar-refractivity contribution in [1.29, 1.82) is 0 Å². The van der Waals surface area contributed by atoms with Crippen molar-refractivity contribution >= 4 is 17.2 Å². The molecule has 0 N–H and O–H groups in total. The Kier molecular flexibility index (Phi) is 2.48. The second-order valence-corrected chi connectivity index (χ2v) is 2.43. The summed E-state index contributed by atoms with van der Waals surface area (Å²) < 4.78 is 26.0. The molecule has 0 saturated carbocycles. The summed E-state index contributed by atoms with van der Waals surface area (Å²) in [6, 6.07) is 4.16. The number of nitrogens with zero attached hydrogens (tertiary/aromatic N) is 1. The molecule has 1 aromatic rings. The van der Waals surface area contributed by atoms with Gasteiger partial charge in [-0.1, -0.05) is 6.07 Å². The molecule has 0 radical (unpaired) electrons. The molecule has 0 unspecified atom stereocenters. The first-order valence-corrected chi connectivity index (χ1v) is 3.70. The third kappa shape index (κ3) is 1.94. The minimum atomic E-state index is -0.372. The number of aryl methyl sites for hydroxylation is 1. The van der Waals surface area contributed by atoms with Crippen LogP contribution in [0.4, 0.5) is 10.1 Å². The Morgan fingerprint density at radius 1 is 1.55 bits per heavy atom. The van der Waals surface area contributed by atoms with Gasteiger partial charge in [0.2, 0.25) is 11.5 Å². The van der Waals surface area contributed by atoms with E-state index in [0.29, 0.717) is 5.69 Å². The summed E-state index contributed by atoms with van der Waals surface area (Å²) in [5.74, 6) is -0.372. The van der Waals surface area contributed by atoms with Crippen molar-refractivity contribution in [3.63, 3.8) is 0 Å². The number of benzene rings is 1. The Bertz CT molecular complexity index is 320. The Morgan fingerprint density at radius 2 is 2.27 bits per heavy atom. The standard InChI is InChI=1S/C7H6FNOS/c1-5-2-3-6(8)4-7(5)9-11-10/h2-4H,1H3. The van der Waals surface area contributed by atoms with Crippen molar-refractivity contribution in [3.05, 3.63) is 29.6 Å². The summed E-state index contributed by atoms with van der Waals surface area (Å²) in [4.78, 5) is 0. The smallest absolute Gasteiger partial charge is 0.205 e. The topological polar surface area (TPSA) is 29.4 Å². The average molecular weight is 171 g/mol. The van der Waals surface area contributed by atoms with Gasteiger partial charge in [-0.15, -0.1) is 0 Å². The van der Waals surface area contributed by atoms with E-state index in [1.165, 1.54) is 12.1 Å². The lowest BCUT2D eigenvalue weighted by Crippen LogP contribution is -1.76. The van der Waals surface area contributed by atoms with E-state index < -0.39 is 0 Å². The van der Waals surface area contributed by atoms with Gasteiger partial charge >= 0.3 is 0 Å². The van der Waals surface area contributed by atoms with Crippen molar-refractivity contribution in [2.24, 2.45) is 4.36 Å². The van der Waals surface area contributed by atoms with Gasteiger partial charge < -0.3 is 0 Å². The molecule has 4 heteroatoms. The van der Waals surface area contributed by atoms with E-state index in [2.05, 4.69) is 4.36 Å². The zero-order valence-corrected chi connectivity index (χ0v) is 6.69. The van der Waals surface area contributed by atoms with Crippen LogP contribution in [0, 0.1) is 12.7 Å². The molecule has 0 spiro atoms. The van der Waals surface area contributed by atoms with Gasteiger partial charge in [0.05, 0.1) is 5.69 Å². The summed E-state index contributed by atoms with van der Waals surface area (Å²) in [5.41, 5.74) is 1.21. The van der Waals surface area contributed by atoms with E-state index in [4.69, 9.17) is 0 Å². The van der Waals surface area contributed by atoms with E-state index in [1.54, 1.807) is 13.0 Å². The lowest BCUT2D eigenvalue weighted by atomic mass is 10.2. The zero-order valence-electron chi connectivity index (χ0n) is 5.87. The molecule has 11 heavy (non-hydrogen) atoms. The molecule has 0 aliphatic rings. The maximum absolute atomic E-state index is 12.5. The van der Waals surface area contributed by atoms with Crippen LogP contribution >= 0.6 is 0 Å². The second kappa shape index (κ2) is 3.39. The van der Waals surface area contributed by atoms with Crippen molar-refractivity contribution in [1.82, 2.24) is 0 Å². The summed E-state index contributed by atoms with van der Waals surface area (Å²) in [7, 11) is 0. The van der Waals surface area contributed by atoms with Crippen molar-refractivity contribution in [3.8, 4) is 0 Å². The second-order valence-electron chi connectivity index (χ2n) is 2.10. The molecule has 0 fully saturated rings. The predicted molar refractivity (Wildman–Crippen MR) is 41.4 cm³/mol. The molecule has 0 aliphatic carbocycles. The van der Waals surface area contributed by atoms with Crippen LogP contribution < -0.4 is 0 Å². The number of rotatable bonds is 1. The van der Waals surface area contributed by atoms with Gasteiger partial charge in [0.15, 0.2) is 0 Å². The van der Waals surface area contributed by atoms with Gasteiger partial charge in [0, 0.05) is 6.07 Å². The van der Waals surface area contributed by atoms with Gasteiger partial charge in [-0.05, 0) is 18.6 Å². The fraction of sp³-hybridized carbons (Fsp3) is 0.143. The van der Waals surface area contributed by atoms with Crippen LogP contribution in [0.5, 0.6) is 0 Å². The maximum atomic E-state index is 12.5. The van der Waals surface area contributed by atoms with Crippen LogP contribution in [0.25, 0.3) is 0 Å². The van der Waals surface area contributed by atoms with Crippen molar-refractivity contribution in [2.45, 2.75) is 6.92 Å². The predicted octanol–water partition coefficient (Wildman–Crippen LogP) is 2.16. The van der Waals surface area contributed by atoms with E-state index in [1.807, 2.05) is 0 Å². The van der Waals surface area contributed by atoms with E-state index >= 15 is 0 Å². The average Bonchev–Trinajstić information content (AvgIpc) is 1.98. The van der Waals surface area contributed by atoms with E-state index in [9.17, 15) is 8.60 Å².